The van der Waals surface area contributed by atoms with E-state index in [1.807, 2.05) is 20.2 Å². The van der Waals surface area contributed by atoms with Gasteiger partial charge in [0, 0.05) is 25.2 Å². The third kappa shape index (κ3) is 4.90. The number of rotatable bonds is 7. The lowest BCUT2D eigenvalue weighted by Gasteiger charge is -2.33. The number of benzene rings is 1. The first kappa shape index (κ1) is 16.1. The Morgan fingerprint density at radius 2 is 1.89 bits per heavy atom. The summed E-state index contributed by atoms with van der Waals surface area (Å²) in [5.41, 5.74) is 7.18. The van der Waals surface area contributed by atoms with E-state index in [9.17, 15) is 4.39 Å². The molecular weight excluding hydrogens is 241 g/mol. The van der Waals surface area contributed by atoms with Crippen molar-refractivity contribution in [3.63, 3.8) is 0 Å². The van der Waals surface area contributed by atoms with Gasteiger partial charge in [0.05, 0.1) is 0 Å². The Kier molecular flexibility index (Phi) is 6.42. The molecule has 0 aromatic heterocycles. The van der Waals surface area contributed by atoms with Gasteiger partial charge in [-0.2, -0.15) is 0 Å². The summed E-state index contributed by atoms with van der Waals surface area (Å²) < 4.78 is 13.4. The maximum absolute atomic E-state index is 13.4. The molecule has 0 fully saturated rings. The lowest BCUT2D eigenvalue weighted by molar-refractivity contribution is 0.190. The Bertz CT molecular complexity index is 381. The number of nitrogens with zero attached hydrogens (tertiary/aromatic N) is 2. The van der Waals surface area contributed by atoms with Gasteiger partial charge in [-0.3, -0.25) is 4.90 Å². The molecule has 108 valence electrons. The minimum Gasteiger partial charge on any atom is -0.326 e. The van der Waals surface area contributed by atoms with Gasteiger partial charge in [0.25, 0.3) is 0 Å². The van der Waals surface area contributed by atoms with Crippen LogP contribution in [0.2, 0.25) is 0 Å². The summed E-state index contributed by atoms with van der Waals surface area (Å²) in [4.78, 5) is 4.35. The number of hydrogen-bond donors (Lipinski definition) is 1. The molecule has 19 heavy (non-hydrogen) atoms. The molecule has 0 aliphatic rings. The highest BCUT2D eigenvalue weighted by Gasteiger charge is 2.23. The molecule has 2 atom stereocenters. The van der Waals surface area contributed by atoms with Gasteiger partial charge in [0.1, 0.15) is 5.82 Å². The molecule has 0 saturated heterocycles. The van der Waals surface area contributed by atoms with Crippen molar-refractivity contribution >= 4 is 0 Å². The molecule has 1 aromatic carbocycles. The van der Waals surface area contributed by atoms with Gasteiger partial charge in [-0.15, -0.1) is 0 Å². The Morgan fingerprint density at radius 3 is 2.42 bits per heavy atom. The third-order valence-corrected chi connectivity index (χ3v) is 3.44. The molecule has 0 aliphatic carbocycles. The van der Waals surface area contributed by atoms with E-state index < -0.39 is 0 Å². The van der Waals surface area contributed by atoms with Crippen molar-refractivity contribution in [2.75, 3.05) is 34.2 Å². The lowest BCUT2D eigenvalue weighted by Crippen LogP contribution is -2.41. The summed E-state index contributed by atoms with van der Waals surface area (Å²) in [6, 6.07) is 6.83. The second-order valence-electron chi connectivity index (χ2n) is 5.36. The van der Waals surface area contributed by atoms with Crippen LogP contribution in [0.5, 0.6) is 0 Å². The number of nitrogens with two attached hydrogens (primary N) is 1. The van der Waals surface area contributed by atoms with Crippen molar-refractivity contribution in [1.29, 1.82) is 0 Å². The normalized spacial score (nSPS) is 14.9. The molecule has 0 aliphatic heterocycles. The first-order valence-electron chi connectivity index (χ1n) is 6.81. The molecule has 1 rings (SSSR count). The third-order valence-electron chi connectivity index (χ3n) is 3.44. The molecule has 3 nitrogen and oxygen atoms in total. The van der Waals surface area contributed by atoms with Crippen LogP contribution in [-0.2, 0) is 0 Å². The molecule has 2 unspecified atom stereocenters. The average Bonchev–Trinajstić information content (AvgIpc) is 2.36. The van der Waals surface area contributed by atoms with E-state index in [0.29, 0.717) is 0 Å². The summed E-state index contributed by atoms with van der Waals surface area (Å²) in [5, 5.41) is 0. The molecule has 0 spiro atoms. The van der Waals surface area contributed by atoms with Gasteiger partial charge in [-0.05, 0) is 45.3 Å². The van der Waals surface area contributed by atoms with Gasteiger partial charge >= 0.3 is 0 Å². The first-order chi connectivity index (χ1) is 8.95. The van der Waals surface area contributed by atoms with Gasteiger partial charge in [-0.1, -0.05) is 19.1 Å². The molecule has 0 heterocycles. The van der Waals surface area contributed by atoms with Crippen LogP contribution in [0.15, 0.2) is 24.3 Å². The minimum absolute atomic E-state index is 0.00830. The molecule has 4 heteroatoms. The van der Waals surface area contributed by atoms with Crippen molar-refractivity contribution in [2.24, 2.45) is 5.73 Å². The highest BCUT2D eigenvalue weighted by molar-refractivity contribution is 5.21. The molecular formula is C15H26FN3. The SMILES string of the molecule is CCC(N)C(c1cccc(F)c1)N(C)CCN(C)C. The number of halogens is 1. The van der Waals surface area contributed by atoms with Gasteiger partial charge in [0.15, 0.2) is 0 Å². The molecule has 0 radical (unpaired) electrons. The van der Waals surface area contributed by atoms with Gasteiger partial charge < -0.3 is 10.6 Å². The van der Waals surface area contributed by atoms with E-state index in [0.717, 1.165) is 25.1 Å². The largest absolute Gasteiger partial charge is 0.326 e. The standard InChI is InChI=1S/C15H26FN3/c1-5-14(17)15(19(4)10-9-18(2)3)12-7-6-8-13(16)11-12/h6-8,11,14-15H,5,9-10,17H2,1-4H3. The summed E-state index contributed by atoms with van der Waals surface area (Å²) in [6.07, 6.45) is 0.869. The van der Waals surface area contributed by atoms with E-state index in [2.05, 4.69) is 23.8 Å². The van der Waals surface area contributed by atoms with Crippen molar-refractivity contribution in [1.82, 2.24) is 9.80 Å². The summed E-state index contributed by atoms with van der Waals surface area (Å²) >= 11 is 0. The van der Waals surface area contributed by atoms with Gasteiger partial charge in [-0.25, -0.2) is 4.39 Å². The Hall–Kier alpha value is -0.970. The smallest absolute Gasteiger partial charge is 0.123 e. The maximum atomic E-state index is 13.4. The highest BCUT2D eigenvalue weighted by Crippen LogP contribution is 2.24. The predicted octanol–water partition coefficient (Wildman–Crippen LogP) is 2.10. The molecule has 0 amide bonds. The van der Waals surface area contributed by atoms with Crippen molar-refractivity contribution in [2.45, 2.75) is 25.4 Å². The average molecular weight is 267 g/mol. The van der Waals surface area contributed by atoms with Crippen molar-refractivity contribution in [3.05, 3.63) is 35.6 Å². The topological polar surface area (TPSA) is 32.5 Å². The zero-order chi connectivity index (χ0) is 14.4. The summed E-state index contributed by atoms with van der Waals surface area (Å²) in [5.74, 6) is -0.202. The van der Waals surface area contributed by atoms with Crippen LogP contribution in [0.4, 0.5) is 4.39 Å². The zero-order valence-corrected chi connectivity index (χ0v) is 12.4. The van der Waals surface area contributed by atoms with Crippen LogP contribution in [0, 0.1) is 5.82 Å². The van der Waals surface area contributed by atoms with Crippen LogP contribution >= 0.6 is 0 Å². The fraction of sp³-hybridized carbons (Fsp3) is 0.600. The van der Waals surface area contributed by atoms with Crippen molar-refractivity contribution in [3.8, 4) is 0 Å². The Labute approximate surface area is 116 Å². The van der Waals surface area contributed by atoms with E-state index in [1.54, 1.807) is 12.1 Å². The maximum Gasteiger partial charge on any atom is 0.123 e. The molecule has 1 aromatic rings. The molecule has 0 saturated carbocycles. The van der Waals surface area contributed by atoms with Crippen LogP contribution < -0.4 is 5.73 Å². The van der Waals surface area contributed by atoms with E-state index in [1.165, 1.54) is 6.07 Å². The van der Waals surface area contributed by atoms with E-state index in [4.69, 9.17) is 5.73 Å². The van der Waals surface area contributed by atoms with E-state index >= 15 is 0 Å². The Balaban J connectivity index is 2.88. The van der Waals surface area contributed by atoms with Crippen LogP contribution in [-0.4, -0.2) is 50.1 Å². The fourth-order valence-electron chi connectivity index (χ4n) is 2.24. The molecule has 2 N–H and O–H groups in total. The van der Waals surface area contributed by atoms with Gasteiger partial charge in [0.2, 0.25) is 0 Å². The number of hydrogen-bond acceptors (Lipinski definition) is 3. The second-order valence-corrected chi connectivity index (χ2v) is 5.36. The van der Waals surface area contributed by atoms with Crippen molar-refractivity contribution < 1.29 is 4.39 Å². The zero-order valence-electron chi connectivity index (χ0n) is 12.4. The minimum atomic E-state index is -0.202. The molecule has 0 bridgehead atoms. The highest BCUT2D eigenvalue weighted by atomic mass is 19.1. The van der Waals surface area contributed by atoms with Crippen LogP contribution in [0.25, 0.3) is 0 Å². The number of likely N-dealkylation sites (N-methyl/N-ethyl adjacent to an activating group) is 2. The van der Waals surface area contributed by atoms with Crippen LogP contribution in [0.1, 0.15) is 24.9 Å². The fourth-order valence-corrected chi connectivity index (χ4v) is 2.24. The monoisotopic (exact) mass is 267 g/mol. The quantitative estimate of drug-likeness (QED) is 0.821. The summed E-state index contributed by atoms with van der Waals surface area (Å²) in [7, 11) is 6.14. The predicted molar refractivity (Wildman–Crippen MR) is 78.6 cm³/mol. The van der Waals surface area contributed by atoms with E-state index in [-0.39, 0.29) is 17.9 Å². The van der Waals surface area contributed by atoms with Crippen LogP contribution in [0.3, 0.4) is 0 Å². The first-order valence-corrected chi connectivity index (χ1v) is 6.81. The lowest BCUT2D eigenvalue weighted by atomic mass is 9.96. The Morgan fingerprint density at radius 1 is 1.21 bits per heavy atom. The second kappa shape index (κ2) is 7.58. The summed E-state index contributed by atoms with van der Waals surface area (Å²) in [6.45, 7) is 3.93.